The highest BCUT2D eigenvalue weighted by atomic mass is 35.5. The standard InChI is InChI=1S/C33H42ClN3O5S/c1-5-25(3)35-33(39)30(23-26-13-8-7-9-14-26)36(24-27-18-20-28(34)21-19-27)32(38)17-12-22-37(43(4,40)41)29-15-10-11-16-31(29)42-6-2/h7-11,13-16,18-21,25,30H,5-6,12,17,22-24H2,1-4H3,(H,35,39)/t25-,30+/m0/s1. The fourth-order valence-corrected chi connectivity index (χ4v) is 5.80. The second kappa shape index (κ2) is 16.3. The van der Waals surface area contributed by atoms with E-state index in [1.165, 1.54) is 4.31 Å². The topological polar surface area (TPSA) is 96.0 Å². The predicted octanol–water partition coefficient (Wildman–Crippen LogP) is 5.84. The Balaban J connectivity index is 1.90. The Bertz CT molecular complexity index is 1430. The van der Waals surface area contributed by atoms with Crippen LogP contribution in [0.1, 0.15) is 51.2 Å². The number of rotatable bonds is 16. The molecule has 0 bridgehead atoms. The summed E-state index contributed by atoms with van der Waals surface area (Å²) in [5.41, 5.74) is 2.18. The molecule has 0 unspecified atom stereocenters. The van der Waals surface area contributed by atoms with E-state index in [9.17, 15) is 18.0 Å². The van der Waals surface area contributed by atoms with Gasteiger partial charge in [-0.3, -0.25) is 13.9 Å². The molecule has 0 aliphatic rings. The maximum absolute atomic E-state index is 14.0. The summed E-state index contributed by atoms with van der Waals surface area (Å²) in [6, 6.07) is 22.9. The van der Waals surface area contributed by atoms with Crippen molar-refractivity contribution in [3.8, 4) is 5.75 Å². The predicted molar refractivity (Wildman–Crippen MR) is 173 cm³/mol. The fraction of sp³-hybridized carbons (Fsp3) is 0.394. The Morgan fingerprint density at radius 1 is 0.930 bits per heavy atom. The fourth-order valence-electron chi connectivity index (χ4n) is 4.70. The molecule has 3 aromatic rings. The van der Waals surface area contributed by atoms with Crippen molar-refractivity contribution >= 4 is 39.1 Å². The van der Waals surface area contributed by atoms with Gasteiger partial charge in [0.25, 0.3) is 0 Å². The zero-order valence-corrected chi connectivity index (χ0v) is 26.9. The molecule has 2 atom stereocenters. The molecule has 0 fully saturated rings. The zero-order valence-electron chi connectivity index (χ0n) is 25.3. The van der Waals surface area contributed by atoms with Gasteiger partial charge >= 0.3 is 0 Å². The first kappa shape index (κ1) is 33.9. The Hall–Kier alpha value is -3.56. The van der Waals surface area contributed by atoms with E-state index in [1.54, 1.807) is 41.3 Å². The van der Waals surface area contributed by atoms with Crippen molar-refractivity contribution in [3.63, 3.8) is 0 Å². The number of nitrogens with one attached hydrogen (secondary N) is 1. The summed E-state index contributed by atoms with van der Waals surface area (Å²) in [6.07, 6.45) is 2.51. The highest BCUT2D eigenvalue weighted by Gasteiger charge is 2.31. The van der Waals surface area contributed by atoms with Gasteiger partial charge in [-0.25, -0.2) is 8.42 Å². The van der Waals surface area contributed by atoms with Crippen molar-refractivity contribution in [1.29, 1.82) is 0 Å². The lowest BCUT2D eigenvalue weighted by molar-refractivity contribution is -0.141. The molecule has 232 valence electrons. The number of benzene rings is 3. The average molecular weight is 628 g/mol. The highest BCUT2D eigenvalue weighted by Crippen LogP contribution is 2.30. The number of hydrogen-bond donors (Lipinski definition) is 1. The molecule has 0 saturated heterocycles. The van der Waals surface area contributed by atoms with Crippen molar-refractivity contribution < 1.29 is 22.7 Å². The summed E-state index contributed by atoms with van der Waals surface area (Å²) in [7, 11) is -3.66. The molecule has 0 heterocycles. The Morgan fingerprint density at radius 3 is 2.21 bits per heavy atom. The van der Waals surface area contributed by atoms with Crippen LogP contribution in [0.3, 0.4) is 0 Å². The number of anilines is 1. The minimum absolute atomic E-state index is 0.0400. The Morgan fingerprint density at radius 2 is 1.58 bits per heavy atom. The van der Waals surface area contributed by atoms with E-state index in [0.717, 1.165) is 23.8 Å². The summed E-state index contributed by atoms with van der Waals surface area (Å²) in [4.78, 5) is 29.3. The third-order valence-corrected chi connectivity index (χ3v) is 8.56. The molecule has 3 aromatic carbocycles. The van der Waals surface area contributed by atoms with Crippen LogP contribution in [-0.2, 0) is 32.6 Å². The van der Waals surface area contributed by atoms with Crippen molar-refractivity contribution in [2.24, 2.45) is 0 Å². The van der Waals surface area contributed by atoms with Crippen molar-refractivity contribution in [3.05, 3.63) is 95.0 Å². The summed E-state index contributed by atoms with van der Waals surface area (Å²) in [5.74, 6) is -0.0265. The van der Waals surface area contributed by atoms with Crippen LogP contribution in [0.5, 0.6) is 5.75 Å². The zero-order chi connectivity index (χ0) is 31.4. The van der Waals surface area contributed by atoms with E-state index >= 15 is 0 Å². The van der Waals surface area contributed by atoms with Crippen LogP contribution in [0.4, 0.5) is 5.69 Å². The molecule has 0 aromatic heterocycles. The number of amides is 2. The summed E-state index contributed by atoms with van der Waals surface area (Å²) >= 11 is 6.11. The molecule has 3 rings (SSSR count). The minimum atomic E-state index is -3.66. The van der Waals surface area contributed by atoms with Crippen LogP contribution in [0.25, 0.3) is 0 Å². The first-order valence-electron chi connectivity index (χ1n) is 14.6. The van der Waals surface area contributed by atoms with Crippen LogP contribution >= 0.6 is 11.6 Å². The second-order valence-electron chi connectivity index (χ2n) is 10.5. The van der Waals surface area contributed by atoms with Crippen LogP contribution in [0, 0.1) is 0 Å². The molecule has 43 heavy (non-hydrogen) atoms. The number of carbonyl (C=O) groups is 2. The van der Waals surface area contributed by atoms with Gasteiger partial charge in [-0.2, -0.15) is 0 Å². The minimum Gasteiger partial charge on any atom is -0.492 e. The quantitative estimate of drug-likeness (QED) is 0.215. The van der Waals surface area contributed by atoms with E-state index in [4.69, 9.17) is 16.3 Å². The number of nitrogens with zero attached hydrogens (tertiary/aromatic N) is 2. The molecule has 0 saturated carbocycles. The largest absolute Gasteiger partial charge is 0.492 e. The molecule has 0 spiro atoms. The Kier molecular flexibility index (Phi) is 12.9. The average Bonchev–Trinajstić information content (AvgIpc) is 2.98. The Labute approximate surface area is 261 Å². The van der Waals surface area contributed by atoms with Crippen molar-refractivity contribution in [2.75, 3.05) is 23.7 Å². The number of hydrogen-bond acceptors (Lipinski definition) is 5. The molecule has 0 aliphatic carbocycles. The molecule has 0 radical (unpaired) electrons. The van der Waals surface area contributed by atoms with Gasteiger partial charge in [0, 0.05) is 37.0 Å². The number of sulfonamides is 1. The van der Waals surface area contributed by atoms with Crippen molar-refractivity contribution in [1.82, 2.24) is 10.2 Å². The molecule has 10 heteroatoms. The molecule has 1 N–H and O–H groups in total. The lowest BCUT2D eigenvalue weighted by Gasteiger charge is -2.33. The number of ether oxygens (including phenoxy) is 1. The second-order valence-corrected chi connectivity index (χ2v) is 12.9. The normalized spacial score (nSPS) is 12.7. The maximum atomic E-state index is 14.0. The summed E-state index contributed by atoms with van der Waals surface area (Å²) in [6.45, 7) is 6.41. The van der Waals surface area contributed by atoms with Gasteiger partial charge in [-0.1, -0.05) is 73.1 Å². The lowest BCUT2D eigenvalue weighted by atomic mass is 10.0. The van der Waals surface area contributed by atoms with E-state index < -0.39 is 16.1 Å². The van der Waals surface area contributed by atoms with Gasteiger partial charge in [0.1, 0.15) is 11.8 Å². The van der Waals surface area contributed by atoms with Gasteiger partial charge in [0.05, 0.1) is 18.6 Å². The third kappa shape index (κ3) is 10.3. The van der Waals surface area contributed by atoms with Gasteiger partial charge < -0.3 is 15.0 Å². The van der Waals surface area contributed by atoms with Crippen LogP contribution in [-0.4, -0.2) is 56.6 Å². The number of carbonyl (C=O) groups excluding carboxylic acids is 2. The van der Waals surface area contributed by atoms with E-state index in [0.29, 0.717) is 29.5 Å². The summed E-state index contributed by atoms with van der Waals surface area (Å²) in [5, 5.41) is 3.63. The van der Waals surface area contributed by atoms with Gasteiger partial charge in [-0.15, -0.1) is 0 Å². The van der Waals surface area contributed by atoms with Gasteiger partial charge in [-0.05, 0) is 62.1 Å². The summed E-state index contributed by atoms with van der Waals surface area (Å²) < 4.78 is 32.6. The van der Waals surface area contributed by atoms with Crippen LogP contribution in [0.15, 0.2) is 78.9 Å². The van der Waals surface area contributed by atoms with E-state index in [-0.39, 0.29) is 43.8 Å². The van der Waals surface area contributed by atoms with Crippen LogP contribution in [0.2, 0.25) is 5.02 Å². The first-order chi connectivity index (χ1) is 20.5. The molecule has 0 aliphatic heterocycles. The van der Waals surface area contributed by atoms with Crippen molar-refractivity contribution in [2.45, 2.75) is 65.1 Å². The first-order valence-corrected chi connectivity index (χ1v) is 16.8. The third-order valence-electron chi connectivity index (χ3n) is 7.12. The maximum Gasteiger partial charge on any atom is 0.243 e. The van der Waals surface area contributed by atoms with Crippen LogP contribution < -0.4 is 14.4 Å². The van der Waals surface area contributed by atoms with Gasteiger partial charge in [0.15, 0.2) is 0 Å². The molecule has 8 nitrogen and oxygen atoms in total. The smallest absolute Gasteiger partial charge is 0.243 e. The van der Waals surface area contributed by atoms with E-state index in [2.05, 4.69) is 5.32 Å². The number of para-hydroxylation sites is 2. The number of halogens is 1. The lowest BCUT2D eigenvalue weighted by Crippen LogP contribution is -2.52. The monoisotopic (exact) mass is 627 g/mol. The molecular formula is C33H42ClN3O5S. The van der Waals surface area contributed by atoms with E-state index in [1.807, 2.05) is 63.2 Å². The molecular weight excluding hydrogens is 586 g/mol. The van der Waals surface area contributed by atoms with Gasteiger partial charge in [0.2, 0.25) is 21.8 Å². The molecule has 2 amide bonds. The highest BCUT2D eigenvalue weighted by molar-refractivity contribution is 7.92. The SMILES string of the molecule is CCOc1ccccc1N(CCCC(=O)N(Cc1ccc(Cl)cc1)[C@H](Cc1ccccc1)C(=O)N[C@@H](C)CC)S(C)(=O)=O.